The molecule has 0 fully saturated rings. The van der Waals surface area contributed by atoms with Gasteiger partial charge < -0.3 is 10.1 Å². The fourth-order valence-electron chi connectivity index (χ4n) is 2.74. The van der Waals surface area contributed by atoms with Gasteiger partial charge in [-0.1, -0.05) is 44.2 Å². The van der Waals surface area contributed by atoms with Crippen molar-refractivity contribution in [3.8, 4) is 0 Å². The lowest BCUT2D eigenvalue weighted by Crippen LogP contribution is -2.44. The molecule has 0 saturated carbocycles. The third-order valence-electron chi connectivity index (χ3n) is 3.98. The SMILES string of the molecule is CC(C)C[C@H](NC(=O)OC(C)(C)C)C(=O)N=S(N)(=O)c1ccc2ccccc2c1. The van der Waals surface area contributed by atoms with Gasteiger partial charge in [0.25, 0.3) is 5.91 Å². The molecule has 0 aromatic heterocycles. The second kappa shape index (κ2) is 8.92. The molecule has 2 aromatic carbocycles. The Morgan fingerprint density at radius 1 is 1.14 bits per heavy atom. The molecule has 2 atom stereocenters. The molecule has 0 bridgehead atoms. The van der Waals surface area contributed by atoms with E-state index in [1.54, 1.807) is 39.0 Å². The number of nitrogens with zero attached hydrogens (tertiary/aromatic N) is 1. The normalized spacial score (nSPS) is 14.9. The van der Waals surface area contributed by atoms with Crippen molar-refractivity contribution in [1.82, 2.24) is 5.32 Å². The number of benzene rings is 2. The molecule has 1 unspecified atom stereocenters. The first-order valence-electron chi connectivity index (χ1n) is 9.44. The molecule has 29 heavy (non-hydrogen) atoms. The first-order valence-corrected chi connectivity index (χ1v) is 11.0. The fourth-order valence-corrected chi connectivity index (χ4v) is 3.80. The van der Waals surface area contributed by atoms with Gasteiger partial charge in [0, 0.05) is 0 Å². The van der Waals surface area contributed by atoms with Crippen LogP contribution in [0.2, 0.25) is 0 Å². The highest BCUT2D eigenvalue weighted by molar-refractivity contribution is 7.91. The van der Waals surface area contributed by atoms with Gasteiger partial charge in [-0.3, -0.25) is 4.79 Å². The van der Waals surface area contributed by atoms with Crippen LogP contribution < -0.4 is 10.5 Å². The molecule has 2 amide bonds. The van der Waals surface area contributed by atoms with Crippen molar-refractivity contribution in [3.05, 3.63) is 42.5 Å². The summed E-state index contributed by atoms with van der Waals surface area (Å²) in [6.07, 6.45) is -0.421. The van der Waals surface area contributed by atoms with Gasteiger partial charge in [0.05, 0.1) is 4.90 Å². The summed E-state index contributed by atoms with van der Waals surface area (Å²) in [4.78, 5) is 25.1. The van der Waals surface area contributed by atoms with Crippen LogP contribution >= 0.6 is 0 Å². The summed E-state index contributed by atoms with van der Waals surface area (Å²) in [5.41, 5.74) is -0.709. The van der Waals surface area contributed by atoms with Crippen molar-refractivity contribution in [2.45, 2.75) is 57.6 Å². The van der Waals surface area contributed by atoms with Gasteiger partial charge in [0.15, 0.2) is 0 Å². The molecule has 0 radical (unpaired) electrons. The quantitative estimate of drug-likeness (QED) is 0.763. The van der Waals surface area contributed by atoms with Gasteiger partial charge in [-0.15, -0.1) is 4.36 Å². The van der Waals surface area contributed by atoms with Crippen molar-refractivity contribution in [3.63, 3.8) is 0 Å². The van der Waals surface area contributed by atoms with Crippen LogP contribution in [-0.4, -0.2) is 27.9 Å². The van der Waals surface area contributed by atoms with Gasteiger partial charge in [-0.05, 0) is 56.0 Å². The first-order chi connectivity index (χ1) is 13.4. The van der Waals surface area contributed by atoms with Crippen LogP contribution in [0.4, 0.5) is 4.79 Å². The summed E-state index contributed by atoms with van der Waals surface area (Å²) in [6.45, 7) is 8.98. The van der Waals surface area contributed by atoms with E-state index in [9.17, 15) is 13.8 Å². The number of nitrogens with one attached hydrogen (secondary N) is 1. The van der Waals surface area contributed by atoms with E-state index in [4.69, 9.17) is 9.88 Å². The fraction of sp³-hybridized carbons (Fsp3) is 0.429. The number of ether oxygens (including phenoxy) is 1. The molecule has 0 heterocycles. The molecule has 7 nitrogen and oxygen atoms in total. The number of fused-ring (bicyclic) bond motifs is 1. The Labute approximate surface area is 172 Å². The van der Waals surface area contributed by atoms with Crippen molar-refractivity contribution in [1.29, 1.82) is 0 Å². The summed E-state index contributed by atoms with van der Waals surface area (Å²) in [6, 6.07) is 11.6. The van der Waals surface area contributed by atoms with E-state index in [-0.39, 0.29) is 10.8 Å². The van der Waals surface area contributed by atoms with Gasteiger partial charge in [0.2, 0.25) is 0 Å². The summed E-state index contributed by atoms with van der Waals surface area (Å²) in [5, 5.41) is 10.3. The molecule has 0 spiro atoms. The number of alkyl carbamates (subject to hydrolysis) is 1. The van der Waals surface area contributed by atoms with E-state index in [2.05, 4.69) is 9.68 Å². The Morgan fingerprint density at radius 3 is 2.34 bits per heavy atom. The lowest BCUT2D eigenvalue weighted by Gasteiger charge is -2.23. The average Bonchev–Trinajstić information content (AvgIpc) is 2.58. The van der Waals surface area contributed by atoms with Gasteiger partial charge >= 0.3 is 6.09 Å². The van der Waals surface area contributed by atoms with E-state index in [1.165, 1.54) is 0 Å². The highest BCUT2D eigenvalue weighted by Crippen LogP contribution is 2.20. The van der Waals surface area contributed by atoms with Crippen LogP contribution in [0.15, 0.2) is 51.7 Å². The number of carbonyl (C=O) groups excluding carboxylic acids is 2. The zero-order valence-electron chi connectivity index (χ0n) is 17.5. The average molecular weight is 420 g/mol. The molecule has 0 saturated heterocycles. The largest absolute Gasteiger partial charge is 0.444 e. The Balaban J connectivity index is 2.31. The predicted molar refractivity (Wildman–Crippen MR) is 115 cm³/mol. The molecular formula is C21H29N3O4S. The van der Waals surface area contributed by atoms with Crippen molar-refractivity contribution in [2.75, 3.05) is 0 Å². The Morgan fingerprint density at radius 2 is 1.76 bits per heavy atom. The number of hydrogen-bond acceptors (Lipinski definition) is 4. The Hall–Kier alpha value is -2.45. The smallest absolute Gasteiger partial charge is 0.408 e. The molecule has 0 aliphatic carbocycles. The van der Waals surface area contributed by atoms with Crippen molar-refractivity contribution < 1.29 is 18.5 Å². The van der Waals surface area contributed by atoms with E-state index in [0.29, 0.717) is 6.42 Å². The molecule has 158 valence electrons. The second-order valence-corrected chi connectivity index (χ2v) is 10.1. The minimum absolute atomic E-state index is 0.0867. The van der Waals surface area contributed by atoms with Crippen LogP contribution in [0, 0.1) is 5.92 Å². The molecular weight excluding hydrogens is 390 g/mol. The van der Waals surface area contributed by atoms with Crippen molar-refractivity contribution >= 4 is 32.7 Å². The Kier molecular flexibility index (Phi) is 7.02. The van der Waals surface area contributed by atoms with Crippen LogP contribution in [0.5, 0.6) is 0 Å². The zero-order chi connectivity index (χ0) is 21.8. The summed E-state index contributed by atoms with van der Waals surface area (Å²) in [5.74, 6) is -0.659. The summed E-state index contributed by atoms with van der Waals surface area (Å²) < 4.78 is 22.0. The van der Waals surface area contributed by atoms with Crippen LogP contribution in [0.1, 0.15) is 41.0 Å². The van der Waals surface area contributed by atoms with Crippen LogP contribution in [0.25, 0.3) is 10.8 Å². The van der Waals surface area contributed by atoms with Gasteiger partial charge in [-0.25, -0.2) is 14.1 Å². The number of carbonyl (C=O) groups is 2. The third-order valence-corrected chi connectivity index (χ3v) is 5.36. The standard InChI is InChI=1S/C21H29N3O4S/c1-14(2)12-18(23-20(26)28-21(3,4)5)19(25)24-29(22,27)17-11-10-15-8-6-7-9-16(15)13-17/h6-11,13-14,18H,12H2,1-5H3,(H,23,26)(H2,22,24,25,27)/t18-,29?/m0/s1. The molecule has 3 N–H and O–H groups in total. The molecule has 8 heteroatoms. The second-order valence-electron chi connectivity index (χ2n) is 8.34. The zero-order valence-corrected chi connectivity index (χ0v) is 18.3. The minimum Gasteiger partial charge on any atom is -0.444 e. The summed E-state index contributed by atoms with van der Waals surface area (Å²) >= 11 is 0. The van der Waals surface area contributed by atoms with Gasteiger partial charge in [-0.2, -0.15) is 0 Å². The van der Waals surface area contributed by atoms with E-state index < -0.39 is 33.6 Å². The lowest BCUT2D eigenvalue weighted by molar-refractivity contribution is -0.120. The number of rotatable bonds is 5. The predicted octanol–water partition coefficient (Wildman–Crippen LogP) is 4.01. The van der Waals surface area contributed by atoms with E-state index >= 15 is 0 Å². The van der Waals surface area contributed by atoms with Crippen molar-refractivity contribution in [2.24, 2.45) is 15.4 Å². The molecule has 2 rings (SSSR count). The number of amides is 2. The van der Waals surface area contributed by atoms with Gasteiger partial charge in [0.1, 0.15) is 21.6 Å². The first kappa shape index (κ1) is 22.8. The number of hydrogen-bond donors (Lipinski definition) is 2. The van der Waals surface area contributed by atoms with E-state index in [0.717, 1.165) is 10.8 Å². The number of nitrogens with two attached hydrogens (primary N) is 1. The molecule has 2 aromatic rings. The molecule has 0 aliphatic heterocycles. The highest BCUT2D eigenvalue weighted by Gasteiger charge is 2.26. The third kappa shape index (κ3) is 6.83. The monoisotopic (exact) mass is 419 g/mol. The van der Waals surface area contributed by atoms with Crippen LogP contribution in [0.3, 0.4) is 0 Å². The highest BCUT2D eigenvalue weighted by atomic mass is 32.2. The lowest BCUT2D eigenvalue weighted by atomic mass is 10.0. The maximum atomic E-state index is 13.0. The van der Waals surface area contributed by atoms with E-state index in [1.807, 2.05) is 38.1 Å². The topological polar surface area (TPSA) is 111 Å². The minimum atomic E-state index is -3.47. The Bertz CT molecular complexity index is 1020. The molecule has 0 aliphatic rings. The summed E-state index contributed by atoms with van der Waals surface area (Å²) in [7, 11) is -3.47. The maximum Gasteiger partial charge on any atom is 0.408 e. The maximum absolute atomic E-state index is 13.0. The van der Waals surface area contributed by atoms with Crippen LogP contribution in [-0.2, 0) is 19.4 Å².